The molecule has 2 amide bonds. The Morgan fingerprint density at radius 1 is 0.865 bits per heavy atom. The Morgan fingerprint density at radius 2 is 1.57 bits per heavy atom. The normalized spacial score (nSPS) is 11.4. The van der Waals surface area contributed by atoms with Gasteiger partial charge in [-0.25, -0.2) is 0 Å². The SMILES string of the molecule is Cc1cc([N+](=O)[O-])ccc1NC(=O)C(Sc1cccc(NC(=O)Cc2ccccc2)c1)c1ccccc1. The molecule has 2 N–H and O–H groups in total. The van der Waals surface area contributed by atoms with Crippen molar-refractivity contribution in [3.8, 4) is 0 Å². The summed E-state index contributed by atoms with van der Waals surface area (Å²) in [6.45, 7) is 1.72. The van der Waals surface area contributed by atoms with Crippen LogP contribution in [0, 0.1) is 17.0 Å². The minimum Gasteiger partial charge on any atom is -0.326 e. The van der Waals surface area contributed by atoms with Gasteiger partial charge >= 0.3 is 0 Å². The van der Waals surface area contributed by atoms with E-state index in [1.54, 1.807) is 13.0 Å². The smallest absolute Gasteiger partial charge is 0.269 e. The summed E-state index contributed by atoms with van der Waals surface area (Å²) in [6.07, 6.45) is 0.266. The average Bonchev–Trinajstić information content (AvgIpc) is 2.89. The van der Waals surface area contributed by atoms with Gasteiger partial charge in [-0.2, -0.15) is 0 Å². The second kappa shape index (κ2) is 12.0. The molecule has 0 aliphatic carbocycles. The van der Waals surface area contributed by atoms with Crippen LogP contribution in [0.2, 0.25) is 0 Å². The number of aryl methyl sites for hydroxylation is 1. The number of nitro groups is 1. The predicted octanol–water partition coefficient (Wildman–Crippen LogP) is 6.56. The molecule has 1 atom stereocenters. The van der Waals surface area contributed by atoms with Gasteiger partial charge in [0, 0.05) is 28.4 Å². The lowest BCUT2D eigenvalue weighted by molar-refractivity contribution is -0.384. The lowest BCUT2D eigenvalue weighted by Gasteiger charge is -2.18. The van der Waals surface area contributed by atoms with Gasteiger partial charge in [0.15, 0.2) is 0 Å². The predicted molar refractivity (Wildman–Crippen MR) is 147 cm³/mol. The minimum absolute atomic E-state index is 0.0318. The van der Waals surface area contributed by atoms with Crippen LogP contribution < -0.4 is 10.6 Å². The molecule has 4 rings (SSSR count). The van der Waals surface area contributed by atoms with E-state index in [-0.39, 0.29) is 23.9 Å². The molecule has 0 aromatic heterocycles. The van der Waals surface area contributed by atoms with E-state index in [0.717, 1.165) is 16.0 Å². The first kappa shape index (κ1) is 25.7. The second-order valence-electron chi connectivity index (χ2n) is 8.39. The Morgan fingerprint density at radius 3 is 2.24 bits per heavy atom. The third-order valence-electron chi connectivity index (χ3n) is 5.60. The van der Waals surface area contributed by atoms with Crippen LogP contribution >= 0.6 is 11.8 Å². The van der Waals surface area contributed by atoms with Crippen LogP contribution in [0.5, 0.6) is 0 Å². The third-order valence-corrected chi connectivity index (χ3v) is 6.85. The summed E-state index contributed by atoms with van der Waals surface area (Å²) < 4.78 is 0. The molecular weight excluding hydrogens is 486 g/mol. The fourth-order valence-electron chi connectivity index (χ4n) is 3.77. The summed E-state index contributed by atoms with van der Waals surface area (Å²) in [6, 6.07) is 30.6. The van der Waals surface area contributed by atoms with Crippen molar-refractivity contribution in [2.75, 3.05) is 10.6 Å². The van der Waals surface area contributed by atoms with Gasteiger partial charge in [0.25, 0.3) is 5.69 Å². The Hall–Kier alpha value is -4.43. The van der Waals surface area contributed by atoms with Gasteiger partial charge in [-0.05, 0) is 47.9 Å². The number of carbonyl (C=O) groups is 2. The molecule has 0 aliphatic rings. The van der Waals surface area contributed by atoms with Crippen LogP contribution in [0.1, 0.15) is 21.9 Å². The number of hydrogen-bond donors (Lipinski definition) is 2. The van der Waals surface area contributed by atoms with Crippen molar-refractivity contribution in [2.45, 2.75) is 23.5 Å². The quantitative estimate of drug-likeness (QED) is 0.151. The highest BCUT2D eigenvalue weighted by Gasteiger charge is 2.23. The zero-order valence-electron chi connectivity index (χ0n) is 20.1. The van der Waals surface area contributed by atoms with Crippen LogP contribution in [0.15, 0.2) is 108 Å². The summed E-state index contributed by atoms with van der Waals surface area (Å²) in [4.78, 5) is 37.3. The molecule has 0 fully saturated rings. The molecule has 0 radical (unpaired) electrons. The molecule has 0 bridgehead atoms. The number of non-ortho nitro benzene ring substituents is 1. The Bertz CT molecular complexity index is 1410. The first-order valence-corrected chi connectivity index (χ1v) is 12.5. The molecule has 0 spiro atoms. The fraction of sp³-hybridized carbons (Fsp3) is 0.103. The number of nitrogens with zero attached hydrogens (tertiary/aromatic N) is 1. The van der Waals surface area contributed by atoms with Gasteiger partial charge in [0.1, 0.15) is 5.25 Å². The molecule has 1 unspecified atom stereocenters. The summed E-state index contributed by atoms with van der Waals surface area (Å²) in [7, 11) is 0. The van der Waals surface area contributed by atoms with E-state index < -0.39 is 10.2 Å². The van der Waals surface area contributed by atoms with Crippen LogP contribution in [0.25, 0.3) is 0 Å². The maximum atomic E-state index is 13.4. The van der Waals surface area contributed by atoms with Crippen LogP contribution in [-0.2, 0) is 16.0 Å². The highest BCUT2D eigenvalue weighted by molar-refractivity contribution is 8.00. The lowest BCUT2D eigenvalue weighted by Crippen LogP contribution is -2.19. The number of hydrogen-bond acceptors (Lipinski definition) is 5. The first-order valence-electron chi connectivity index (χ1n) is 11.6. The highest BCUT2D eigenvalue weighted by atomic mass is 32.2. The maximum absolute atomic E-state index is 13.4. The number of rotatable bonds is 9. The van der Waals surface area contributed by atoms with E-state index in [0.29, 0.717) is 16.9 Å². The van der Waals surface area contributed by atoms with Crippen LogP contribution in [0.3, 0.4) is 0 Å². The summed E-state index contributed by atoms with van der Waals surface area (Å²) in [5.41, 5.74) is 3.46. The van der Waals surface area contributed by atoms with Crippen LogP contribution in [-0.4, -0.2) is 16.7 Å². The van der Waals surface area contributed by atoms with Gasteiger partial charge in [-0.3, -0.25) is 19.7 Å². The van der Waals surface area contributed by atoms with Crippen molar-refractivity contribution in [2.24, 2.45) is 0 Å². The topological polar surface area (TPSA) is 101 Å². The highest BCUT2D eigenvalue weighted by Crippen LogP contribution is 2.37. The zero-order chi connectivity index (χ0) is 26.2. The number of nitrogens with one attached hydrogen (secondary N) is 2. The van der Waals surface area contributed by atoms with Crippen molar-refractivity contribution in [1.82, 2.24) is 0 Å². The monoisotopic (exact) mass is 511 g/mol. The van der Waals surface area contributed by atoms with Gasteiger partial charge in [0.2, 0.25) is 11.8 Å². The molecule has 37 heavy (non-hydrogen) atoms. The largest absolute Gasteiger partial charge is 0.326 e. The molecule has 4 aromatic carbocycles. The Balaban J connectivity index is 1.51. The van der Waals surface area contributed by atoms with E-state index in [4.69, 9.17) is 0 Å². The first-order chi connectivity index (χ1) is 17.9. The van der Waals surface area contributed by atoms with Crippen molar-refractivity contribution in [1.29, 1.82) is 0 Å². The van der Waals surface area contributed by atoms with Gasteiger partial charge in [0.05, 0.1) is 11.3 Å². The molecular formula is C29H25N3O4S. The van der Waals surface area contributed by atoms with Crippen molar-refractivity contribution < 1.29 is 14.5 Å². The standard InChI is InChI=1S/C29H25N3O4S/c1-20-17-24(32(35)36)15-16-26(20)31-29(34)28(22-11-6-3-7-12-22)37-25-14-8-13-23(19-25)30-27(33)18-21-9-4-2-5-10-21/h2-17,19,28H,18H2,1H3,(H,30,33)(H,31,34). The fourth-order valence-corrected chi connectivity index (χ4v) is 4.85. The van der Waals surface area contributed by atoms with Crippen LogP contribution in [0.4, 0.5) is 17.1 Å². The van der Waals surface area contributed by atoms with E-state index in [2.05, 4.69) is 10.6 Å². The third kappa shape index (κ3) is 7.05. The van der Waals surface area contributed by atoms with E-state index in [9.17, 15) is 19.7 Å². The molecule has 7 nitrogen and oxygen atoms in total. The maximum Gasteiger partial charge on any atom is 0.269 e. The van der Waals surface area contributed by atoms with Gasteiger partial charge in [-0.15, -0.1) is 11.8 Å². The second-order valence-corrected chi connectivity index (χ2v) is 9.57. The van der Waals surface area contributed by atoms with Gasteiger partial charge in [-0.1, -0.05) is 66.7 Å². The number of carbonyl (C=O) groups excluding carboxylic acids is 2. The molecule has 0 saturated carbocycles. The number of amides is 2. The number of benzene rings is 4. The minimum atomic E-state index is -0.592. The van der Waals surface area contributed by atoms with Crippen molar-refractivity contribution in [3.05, 3.63) is 130 Å². The summed E-state index contributed by atoms with van der Waals surface area (Å²) in [5.74, 6) is -0.383. The Kier molecular flexibility index (Phi) is 8.33. The molecule has 8 heteroatoms. The zero-order valence-corrected chi connectivity index (χ0v) is 20.9. The van der Waals surface area contributed by atoms with E-state index >= 15 is 0 Å². The van der Waals surface area contributed by atoms with Crippen molar-refractivity contribution >= 4 is 40.6 Å². The van der Waals surface area contributed by atoms with Gasteiger partial charge < -0.3 is 10.6 Å². The molecule has 0 aliphatic heterocycles. The summed E-state index contributed by atoms with van der Waals surface area (Å²) >= 11 is 1.36. The van der Waals surface area contributed by atoms with E-state index in [1.165, 1.54) is 23.9 Å². The number of anilines is 2. The van der Waals surface area contributed by atoms with Crippen molar-refractivity contribution in [3.63, 3.8) is 0 Å². The van der Waals surface area contributed by atoms with E-state index in [1.807, 2.05) is 84.9 Å². The molecule has 0 heterocycles. The summed E-state index contributed by atoms with van der Waals surface area (Å²) in [5, 5.41) is 16.3. The lowest BCUT2D eigenvalue weighted by atomic mass is 10.1. The average molecular weight is 512 g/mol. The molecule has 0 saturated heterocycles. The Labute approximate surface area is 219 Å². The number of thioether (sulfide) groups is 1. The molecule has 4 aromatic rings. The molecule has 186 valence electrons. The number of nitro benzene ring substituents is 1.